The van der Waals surface area contributed by atoms with Gasteiger partial charge in [0.1, 0.15) is 30.8 Å². The lowest BCUT2D eigenvalue weighted by Crippen LogP contribution is -2.65. The number of hydrogen-bond donors (Lipinski definition) is 9. The molecule has 0 spiro atoms. The molecular formula is C72H89N14O15PS. The van der Waals surface area contributed by atoms with E-state index in [0.29, 0.717) is 108 Å². The Morgan fingerprint density at radius 2 is 1.66 bits per heavy atom. The quantitative estimate of drug-likeness (QED) is 0.0109. The predicted octanol–water partition coefficient (Wildman–Crippen LogP) is 8.43. The van der Waals surface area contributed by atoms with Crippen molar-refractivity contribution in [3.05, 3.63) is 125 Å². The number of fused-ring (bicyclic) bond motifs is 2. The van der Waals surface area contributed by atoms with Gasteiger partial charge in [-0.05, 0) is 159 Å². The van der Waals surface area contributed by atoms with E-state index < -0.39 is 67.4 Å². The lowest BCUT2D eigenvalue weighted by atomic mass is 9.39. The summed E-state index contributed by atoms with van der Waals surface area (Å²) >= 11 is 1.34. The number of pyridine rings is 2. The number of thiazole rings is 1. The number of ether oxygens (including phenoxy) is 2. The van der Waals surface area contributed by atoms with Crippen molar-refractivity contribution in [2.75, 3.05) is 54.6 Å². The zero-order valence-electron chi connectivity index (χ0n) is 58.4. The largest absolute Gasteiger partial charge is 0.476 e. The van der Waals surface area contributed by atoms with Crippen LogP contribution in [0, 0.1) is 35.5 Å². The standard InChI is InChI=1S/C72H89N14O15PS/c1-6-53-47-33-71(41-86-44(4)51(35-76-86)49-22-23-56(79-61(49)66(93)94)83-30-26-46-13-10-14-50(52(46)36-83)63(90)82-68-81-62-55(103-68)16-12-27-74-62)38-70(53,5)39-72(34-47,40-71)101-32-31-84(42-102(97,98)99)69(96)100-37-45-18-20-48(21-19-45)77-64(91)54(15-11-28-75-67(73)95)78-65(92)60(43(2)3)80-57(87)17-8-7-9-29-85-58(88)24-25-59(85)89/h10,12-14,16,18-25,27,35,43,47,53-54,60H,6-9,11,15,17,26,28-34,36-42H2,1-5H3,(H,77,91)(H,78,92)(H,80,87)(H,93,94)(H3,73,75,95)(H2,97,98,99)(H,74,81,82,90)/t47?,53?,54-,60-,70?,71?,72?/m0/s1. The van der Waals surface area contributed by atoms with E-state index in [9.17, 15) is 62.6 Å². The van der Waals surface area contributed by atoms with Gasteiger partial charge in [0.05, 0.1) is 23.1 Å². The van der Waals surface area contributed by atoms with E-state index in [-0.39, 0.29) is 92.3 Å². The second kappa shape index (κ2) is 31.6. The summed E-state index contributed by atoms with van der Waals surface area (Å²) in [5.74, 6) is -3.10. The van der Waals surface area contributed by atoms with Crippen molar-refractivity contribution in [3.8, 4) is 11.1 Å². The molecule has 4 aliphatic carbocycles. The maximum atomic E-state index is 13.9. The van der Waals surface area contributed by atoms with Gasteiger partial charge in [-0.1, -0.05) is 76.1 Å². The van der Waals surface area contributed by atoms with Gasteiger partial charge in [0.15, 0.2) is 16.5 Å². The van der Waals surface area contributed by atoms with Gasteiger partial charge in [-0.25, -0.2) is 24.4 Å². The van der Waals surface area contributed by atoms with Gasteiger partial charge in [0.25, 0.3) is 17.7 Å². The minimum Gasteiger partial charge on any atom is -0.476 e. The smallest absolute Gasteiger partial charge is 0.410 e. The number of anilines is 3. The molecule has 6 heterocycles. The Hall–Kier alpha value is -9.48. The zero-order valence-corrected chi connectivity index (χ0v) is 60.1. The van der Waals surface area contributed by atoms with Crippen LogP contribution in [0.25, 0.3) is 21.5 Å². The normalized spacial score (nSPS) is 20.9. The molecule has 12 rings (SSSR count). The Balaban J connectivity index is 0.699. The molecule has 103 heavy (non-hydrogen) atoms. The average Bonchev–Trinajstić information content (AvgIpc) is 1.05. The number of carboxylic acids is 1. The lowest BCUT2D eigenvalue weighted by molar-refractivity contribution is -0.247. The number of carboxylic acid groups (broad SMARTS) is 1. The first kappa shape index (κ1) is 74.7. The number of urea groups is 1. The van der Waals surface area contributed by atoms with Crippen LogP contribution in [0.2, 0.25) is 0 Å². The van der Waals surface area contributed by atoms with Crippen molar-refractivity contribution in [3.63, 3.8) is 0 Å². The molecule has 0 saturated heterocycles. The minimum atomic E-state index is -4.82. The molecule has 4 fully saturated rings. The highest BCUT2D eigenvalue weighted by atomic mass is 32.1. The third kappa shape index (κ3) is 17.8. The highest BCUT2D eigenvalue weighted by molar-refractivity contribution is 7.51. The molecule has 2 aliphatic heterocycles. The number of carbonyl (C=O) groups excluding carboxylic acids is 8. The fourth-order valence-corrected chi connectivity index (χ4v) is 18.0. The lowest BCUT2D eigenvalue weighted by Gasteiger charge is -2.68. The maximum absolute atomic E-state index is 13.9. The summed E-state index contributed by atoms with van der Waals surface area (Å²) < 4.78 is 28.0. The van der Waals surface area contributed by atoms with E-state index in [2.05, 4.69) is 50.4 Å². The van der Waals surface area contributed by atoms with E-state index in [4.69, 9.17) is 25.3 Å². The number of amides is 9. The molecule has 548 valence electrons. The van der Waals surface area contributed by atoms with Gasteiger partial charge < -0.3 is 56.3 Å². The van der Waals surface area contributed by atoms with Crippen molar-refractivity contribution in [2.24, 2.45) is 34.3 Å². The summed E-state index contributed by atoms with van der Waals surface area (Å²) in [5, 5.41) is 29.8. The molecule has 31 heteroatoms. The Morgan fingerprint density at radius 1 is 0.883 bits per heavy atom. The molecule has 4 bridgehead atoms. The molecule has 4 saturated carbocycles. The first-order valence-corrected chi connectivity index (χ1v) is 37.5. The molecule has 2 aromatic carbocycles. The molecule has 0 radical (unpaired) electrons. The number of imide groups is 1. The van der Waals surface area contributed by atoms with Crippen LogP contribution >= 0.6 is 18.9 Å². The molecule has 5 unspecified atom stereocenters. The zero-order chi connectivity index (χ0) is 73.5. The summed E-state index contributed by atoms with van der Waals surface area (Å²) in [6.45, 7) is 11.1. The maximum Gasteiger partial charge on any atom is 0.410 e. The van der Waals surface area contributed by atoms with E-state index >= 15 is 0 Å². The monoisotopic (exact) mass is 1450 g/mol. The van der Waals surface area contributed by atoms with Gasteiger partial charge >= 0.3 is 25.7 Å². The van der Waals surface area contributed by atoms with Crippen LogP contribution in [0.4, 0.5) is 26.2 Å². The number of nitrogens with zero attached hydrogens (tertiary/aromatic N) is 8. The van der Waals surface area contributed by atoms with Crippen LogP contribution in [0.1, 0.15) is 148 Å². The van der Waals surface area contributed by atoms with Crippen molar-refractivity contribution < 1.29 is 72.1 Å². The number of nitrogens with two attached hydrogens (primary N) is 1. The molecule has 9 amide bonds. The Kier molecular flexibility index (Phi) is 22.9. The van der Waals surface area contributed by atoms with Crippen LogP contribution in [0.15, 0.2) is 91.3 Å². The van der Waals surface area contributed by atoms with Crippen molar-refractivity contribution in [2.45, 2.75) is 155 Å². The highest BCUT2D eigenvalue weighted by Gasteiger charge is 2.66. The van der Waals surface area contributed by atoms with E-state index in [0.717, 1.165) is 63.4 Å². The molecule has 10 N–H and O–H groups in total. The first-order chi connectivity index (χ1) is 49.1. The van der Waals surface area contributed by atoms with Gasteiger partial charge in [-0.3, -0.25) is 53.1 Å². The fourth-order valence-electron chi connectivity index (χ4n) is 16.5. The van der Waals surface area contributed by atoms with Crippen molar-refractivity contribution >= 4 is 99.5 Å². The fraction of sp³-hybridized carbons (Fsp3) is 0.486. The molecule has 7 atom stereocenters. The number of carbonyl (C=O) groups is 9. The summed E-state index contributed by atoms with van der Waals surface area (Å²) in [4.78, 5) is 155. The second-order valence-corrected chi connectivity index (χ2v) is 31.2. The summed E-state index contributed by atoms with van der Waals surface area (Å²) in [6.07, 6.45) is 11.3. The average molecular weight is 1450 g/mol. The highest BCUT2D eigenvalue weighted by Crippen LogP contribution is 2.70. The number of aromatic carboxylic acids is 1. The van der Waals surface area contributed by atoms with Crippen molar-refractivity contribution in [1.82, 2.24) is 50.5 Å². The van der Waals surface area contributed by atoms with Crippen LogP contribution in [0.3, 0.4) is 0 Å². The van der Waals surface area contributed by atoms with Gasteiger partial charge in [-0.15, -0.1) is 0 Å². The topological polar surface area (TPSA) is 402 Å². The summed E-state index contributed by atoms with van der Waals surface area (Å²) in [6, 6.07) is 16.3. The number of nitrogens with one attached hydrogen (secondary N) is 5. The SMILES string of the molecule is CCC1C2CC3(Cn4ncc(-c5ccc(N6CCc7cccc(C(=O)Nc8nc9ncccc9s8)c7C6)nc5C(=O)O)c4C)CC(OCCN(CP(=O)(O)O)C(=O)OCc4ccc(NC(=O)[C@H](CCCNC(N)=O)NC(=O)[C@@H](NC(=O)CCCCCN5C(=O)C=CC5=O)C(C)C)cc4)(C2)CC1(C)C3. The van der Waals surface area contributed by atoms with E-state index in [1.807, 2.05) is 46.8 Å². The van der Waals surface area contributed by atoms with Crippen LogP contribution in [-0.2, 0) is 64.1 Å². The van der Waals surface area contributed by atoms with Crippen LogP contribution in [-0.4, -0.2) is 160 Å². The minimum absolute atomic E-state index is 0.0425. The Morgan fingerprint density at radius 3 is 2.37 bits per heavy atom. The molecule has 6 aliphatic rings. The number of benzene rings is 2. The van der Waals surface area contributed by atoms with Gasteiger partial charge in [0.2, 0.25) is 17.7 Å². The number of aromatic nitrogens is 5. The van der Waals surface area contributed by atoms with Gasteiger partial charge in [0, 0.05) is 92.1 Å². The summed E-state index contributed by atoms with van der Waals surface area (Å²) in [7, 11) is -4.82. The van der Waals surface area contributed by atoms with E-state index in [1.54, 1.807) is 62.6 Å². The van der Waals surface area contributed by atoms with Gasteiger partial charge in [-0.2, -0.15) is 10.1 Å². The first-order valence-electron chi connectivity index (χ1n) is 34.9. The Bertz CT molecular complexity index is 4260. The number of unbranched alkanes of at least 4 members (excludes halogenated alkanes) is 2. The number of hydrogen-bond acceptors (Lipinski definition) is 18. The Labute approximate surface area is 599 Å². The molecule has 29 nitrogen and oxygen atoms in total. The molecule has 4 aromatic heterocycles. The molecule has 6 aromatic rings. The second-order valence-electron chi connectivity index (χ2n) is 28.6. The number of rotatable bonds is 32. The third-order valence-electron chi connectivity index (χ3n) is 20.6. The molecular weight excluding hydrogens is 1360 g/mol. The predicted molar refractivity (Wildman–Crippen MR) is 382 cm³/mol. The van der Waals surface area contributed by atoms with Crippen molar-refractivity contribution in [1.29, 1.82) is 0 Å². The summed E-state index contributed by atoms with van der Waals surface area (Å²) in [5.41, 5.74) is 9.55. The van der Waals surface area contributed by atoms with Crippen LogP contribution in [0.5, 0.6) is 0 Å². The van der Waals surface area contributed by atoms with Crippen LogP contribution < -0.4 is 37.2 Å². The third-order valence-corrected chi connectivity index (χ3v) is 22.3. The van der Waals surface area contributed by atoms with E-state index in [1.165, 1.54) is 23.5 Å². The number of primary amides is 1.